The van der Waals surface area contributed by atoms with E-state index in [1.807, 2.05) is 61.5 Å². The molecule has 1 unspecified atom stereocenters. The van der Waals surface area contributed by atoms with Crippen LogP contribution in [0.4, 0.5) is 10.8 Å². The van der Waals surface area contributed by atoms with Crippen molar-refractivity contribution >= 4 is 79.9 Å². The Morgan fingerprint density at radius 2 is 1.68 bits per heavy atom. The maximum absolute atomic E-state index is 15.2. The van der Waals surface area contributed by atoms with Gasteiger partial charge in [0.2, 0.25) is 10.9 Å². The number of para-hydroxylation sites is 1. The van der Waals surface area contributed by atoms with Crippen molar-refractivity contribution in [3.8, 4) is 0 Å². The Bertz CT molecular complexity index is 2340. The van der Waals surface area contributed by atoms with E-state index in [2.05, 4.69) is 10.2 Å². The molecule has 0 fully saturated rings. The Hall–Kier alpha value is -4.48. The van der Waals surface area contributed by atoms with Crippen LogP contribution in [0.25, 0.3) is 11.0 Å². The summed E-state index contributed by atoms with van der Waals surface area (Å²) in [6.07, 6.45) is 0. The number of carbonyl (C=O) groups excluding carboxylic acids is 2. The number of anilines is 2. The number of aryl methyl sites for hydroxylation is 1. The molecule has 1 atom stereocenters. The van der Waals surface area contributed by atoms with Gasteiger partial charge in [0.25, 0.3) is 11.8 Å². The van der Waals surface area contributed by atoms with Gasteiger partial charge in [-0.3, -0.25) is 19.3 Å². The molecule has 8 rings (SSSR count). The fourth-order valence-electron chi connectivity index (χ4n) is 6.37. The van der Waals surface area contributed by atoms with Crippen LogP contribution in [0, 0.1) is 6.92 Å². The molecule has 232 valence electrons. The van der Waals surface area contributed by atoms with E-state index < -0.39 is 22.8 Å². The Labute approximate surface area is 286 Å². The Balaban J connectivity index is 1.33. The first kappa shape index (κ1) is 29.9. The lowest BCUT2D eigenvalue weighted by atomic mass is 9.84. The highest BCUT2D eigenvalue weighted by Gasteiger charge is 2.66. The fourth-order valence-corrected chi connectivity index (χ4v) is 8.59. The number of nitrogens with zero attached hydrogens (tertiary/aromatic N) is 4. The molecule has 4 aromatic carbocycles. The van der Waals surface area contributed by atoms with E-state index in [-0.39, 0.29) is 34.0 Å². The first-order chi connectivity index (χ1) is 22.8. The van der Waals surface area contributed by atoms with E-state index in [1.165, 1.54) is 22.7 Å². The maximum atomic E-state index is 15.2. The number of benzene rings is 4. The van der Waals surface area contributed by atoms with Crippen LogP contribution in [0.2, 0.25) is 10.0 Å². The summed E-state index contributed by atoms with van der Waals surface area (Å²) in [5.74, 6) is -0.773. The number of thioether (sulfide) groups is 1. The van der Waals surface area contributed by atoms with Gasteiger partial charge in [-0.1, -0.05) is 101 Å². The van der Waals surface area contributed by atoms with Gasteiger partial charge in [0.15, 0.2) is 15.3 Å². The summed E-state index contributed by atoms with van der Waals surface area (Å²) in [6.45, 7) is 2.20. The van der Waals surface area contributed by atoms with Crippen molar-refractivity contribution in [2.75, 3.05) is 9.80 Å². The molecule has 0 N–H and O–H groups in total. The van der Waals surface area contributed by atoms with Crippen molar-refractivity contribution in [3.05, 3.63) is 145 Å². The second-order valence-electron chi connectivity index (χ2n) is 11.2. The van der Waals surface area contributed by atoms with Crippen molar-refractivity contribution in [1.82, 2.24) is 10.2 Å². The van der Waals surface area contributed by atoms with Gasteiger partial charge < -0.3 is 9.32 Å². The molecule has 0 saturated carbocycles. The van der Waals surface area contributed by atoms with Crippen LogP contribution in [0.15, 0.2) is 105 Å². The second-order valence-corrected chi connectivity index (χ2v) is 14.3. The van der Waals surface area contributed by atoms with Gasteiger partial charge in [0.1, 0.15) is 5.58 Å². The van der Waals surface area contributed by atoms with Gasteiger partial charge in [-0.15, -0.1) is 10.2 Å². The summed E-state index contributed by atoms with van der Waals surface area (Å²) in [6, 6.07) is 27.2. The maximum Gasteiger partial charge on any atom is 0.297 e. The molecule has 12 heteroatoms. The van der Waals surface area contributed by atoms with Crippen molar-refractivity contribution in [1.29, 1.82) is 0 Å². The molecule has 6 aromatic rings. The van der Waals surface area contributed by atoms with Crippen LogP contribution < -0.4 is 15.2 Å². The van der Waals surface area contributed by atoms with Crippen LogP contribution in [0.3, 0.4) is 0 Å². The Morgan fingerprint density at radius 1 is 0.894 bits per heavy atom. The molecule has 2 aliphatic rings. The largest absolute Gasteiger partial charge is 0.450 e. The minimum Gasteiger partial charge on any atom is -0.450 e. The van der Waals surface area contributed by atoms with Crippen LogP contribution in [-0.2, 0) is 22.6 Å². The lowest BCUT2D eigenvalue weighted by Gasteiger charge is -2.32. The fraction of sp³-hybridized carbons (Fsp3) is 0.114. The smallest absolute Gasteiger partial charge is 0.297 e. The molecule has 47 heavy (non-hydrogen) atoms. The molecule has 0 radical (unpaired) electrons. The summed E-state index contributed by atoms with van der Waals surface area (Å²) >= 11 is 15.1. The van der Waals surface area contributed by atoms with Crippen LogP contribution in [0.5, 0.6) is 0 Å². The lowest BCUT2D eigenvalue weighted by molar-refractivity contribution is -0.121. The highest BCUT2D eigenvalue weighted by Crippen LogP contribution is 2.55. The highest BCUT2D eigenvalue weighted by molar-refractivity contribution is 8.00. The number of hydrogen-bond acceptors (Lipinski definition) is 8. The molecular weight excluding hydrogens is 675 g/mol. The number of amides is 2. The molecule has 2 amide bonds. The number of rotatable bonds is 6. The molecule has 2 aliphatic heterocycles. The van der Waals surface area contributed by atoms with E-state index in [0.717, 1.165) is 28.0 Å². The van der Waals surface area contributed by atoms with Crippen LogP contribution in [-0.4, -0.2) is 22.0 Å². The van der Waals surface area contributed by atoms with E-state index >= 15 is 4.79 Å². The molecule has 0 saturated heterocycles. The molecule has 0 bridgehead atoms. The topological polar surface area (TPSA) is 96.6 Å². The third-order valence-corrected chi connectivity index (χ3v) is 11.1. The zero-order chi connectivity index (χ0) is 32.4. The minimum absolute atomic E-state index is 0.0645. The monoisotopic (exact) mass is 696 g/mol. The molecular formula is C35H22Cl2N4O4S2. The van der Waals surface area contributed by atoms with E-state index in [0.29, 0.717) is 31.4 Å². The highest BCUT2D eigenvalue weighted by atomic mass is 35.5. The minimum atomic E-state index is -1.89. The predicted octanol–water partition coefficient (Wildman–Crippen LogP) is 8.00. The molecule has 1 spiro atoms. The molecule has 4 heterocycles. The third-order valence-electron chi connectivity index (χ3n) is 8.51. The van der Waals surface area contributed by atoms with E-state index in [9.17, 15) is 9.59 Å². The quantitative estimate of drug-likeness (QED) is 0.129. The summed E-state index contributed by atoms with van der Waals surface area (Å²) in [4.78, 5) is 47.1. The van der Waals surface area contributed by atoms with Gasteiger partial charge in [-0.25, -0.2) is 0 Å². The summed E-state index contributed by atoms with van der Waals surface area (Å²) < 4.78 is 6.74. The second kappa shape index (κ2) is 11.3. The number of halogens is 2. The first-order valence-corrected chi connectivity index (χ1v) is 17.1. The van der Waals surface area contributed by atoms with Gasteiger partial charge in [-0.2, -0.15) is 0 Å². The van der Waals surface area contributed by atoms with Gasteiger partial charge in [-0.05, 0) is 60.0 Å². The molecule has 0 aliphatic carbocycles. The lowest BCUT2D eigenvalue weighted by Crippen LogP contribution is -2.53. The Kier molecular flexibility index (Phi) is 7.21. The van der Waals surface area contributed by atoms with Crippen LogP contribution >= 0.6 is 46.3 Å². The van der Waals surface area contributed by atoms with Crippen LogP contribution in [0.1, 0.15) is 38.4 Å². The molecule has 8 nitrogen and oxygen atoms in total. The summed E-state index contributed by atoms with van der Waals surface area (Å²) in [5.41, 5.74) is 1.70. The van der Waals surface area contributed by atoms with E-state index in [4.69, 9.17) is 27.6 Å². The number of fused-ring (bicyclic) bond motifs is 5. The third kappa shape index (κ3) is 4.62. The number of aromatic nitrogens is 2. The molecule has 2 aromatic heterocycles. The van der Waals surface area contributed by atoms with Gasteiger partial charge in [0.05, 0.1) is 23.2 Å². The number of carbonyl (C=O) groups is 2. The standard InChI is InChI=1S/C35H22Cl2N4O4S2/c1-19-7-2-3-9-21(19)17-40-26-12-5-4-11-25(26)35(32(40)44)28-29(42)24-16-23(37)13-14-27(24)45-30(28)31(43)41(35)33-38-39-34(47-33)46-18-20-8-6-10-22(36)15-20/h2-16H,17-18H2,1H3. The van der Waals surface area contributed by atoms with Crippen molar-refractivity contribution in [2.45, 2.75) is 29.1 Å². The predicted molar refractivity (Wildman–Crippen MR) is 185 cm³/mol. The average Bonchev–Trinajstić information content (AvgIpc) is 3.70. The SMILES string of the molecule is Cc1ccccc1CN1C(=O)C2(c3ccccc31)c1c(oc3ccc(Cl)cc3c1=O)C(=O)N2c1nnc(SCc2cccc(Cl)c2)s1. The van der Waals surface area contributed by atoms with Crippen molar-refractivity contribution in [2.24, 2.45) is 0 Å². The average molecular weight is 698 g/mol. The zero-order valence-electron chi connectivity index (χ0n) is 24.6. The van der Waals surface area contributed by atoms with Gasteiger partial charge in [0, 0.05) is 21.4 Å². The van der Waals surface area contributed by atoms with Crippen molar-refractivity contribution in [3.63, 3.8) is 0 Å². The summed E-state index contributed by atoms with van der Waals surface area (Å²) in [7, 11) is 0. The first-order valence-electron chi connectivity index (χ1n) is 14.6. The normalized spacial score (nSPS) is 16.8. The van der Waals surface area contributed by atoms with Gasteiger partial charge >= 0.3 is 0 Å². The Morgan fingerprint density at radius 3 is 2.51 bits per heavy atom. The zero-order valence-corrected chi connectivity index (χ0v) is 27.7. The van der Waals surface area contributed by atoms with Crippen molar-refractivity contribution < 1.29 is 14.0 Å². The number of hydrogen-bond donors (Lipinski definition) is 0. The van der Waals surface area contributed by atoms with E-state index in [1.54, 1.807) is 35.2 Å². The summed E-state index contributed by atoms with van der Waals surface area (Å²) in [5, 5.41) is 10.1.